The van der Waals surface area contributed by atoms with Gasteiger partial charge in [-0.15, -0.1) is 6.58 Å². The maximum atomic E-state index is 5.20. The second-order valence-corrected chi connectivity index (χ2v) is 9.27. The molecule has 166 valence electrons. The van der Waals surface area contributed by atoms with Crippen molar-refractivity contribution in [3.05, 3.63) is 96.6 Å². The van der Waals surface area contributed by atoms with Gasteiger partial charge in [0.15, 0.2) is 0 Å². The molecule has 1 aliphatic rings. The lowest BCUT2D eigenvalue weighted by Gasteiger charge is -2.29. The molecule has 1 fully saturated rings. The molecule has 0 aromatic heterocycles. The Labute approximate surface area is 194 Å². The SMILES string of the molecule is C=CCCC[C@H]1CC[C@H](c2ccc(-c3ccc(-c4ccc(COC)cc4)cc3)cc2)CC1. The van der Waals surface area contributed by atoms with Crippen molar-refractivity contribution in [2.24, 2.45) is 5.92 Å². The molecule has 0 aliphatic heterocycles. The lowest BCUT2D eigenvalue weighted by molar-refractivity contribution is 0.185. The molecule has 1 nitrogen and oxygen atoms in total. The maximum absolute atomic E-state index is 5.20. The van der Waals surface area contributed by atoms with Crippen LogP contribution in [0.25, 0.3) is 22.3 Å². The van der Waals surface area contributed by atoms with E-state index in [1.165, 1.54) is 78.3 Å². The zero-order chi connectivity index (χ0) is 22.2. The minimum absolute atomic E-state index is 0.659. The van der Waals surface area contributed by atoms with E-state index >= 15 is 0 Å². The Kier molecular flexibility index (Phi) is 7.96. The van der Waals surface area contributed by atoms with E-state index in [0.29, 0.717) is 6.61 Å². The first kappa shape index (κ1) is 22.6. The van der Waals surface area contributed by atoms with Gasteiger partial charge in [-0.3, -0.25) is 0 Å². The first-order valence-corrected chi connectivity index (χ1v) is 12.2. The summed E-state index contributed by atoms with van der Waals surface area (Å²) in [5.74, 6) is 1.67. The molecule has 0 spiro atoms. The maximum Gasteiger partial charge on any atom is 0.0713 e. The number of rotatable bonds is 9. The van der Waals surface area contributed by atoms with Gasteiger partial charge >= 0.3 is 0 Å². The van der Waals surface area contributed by atoms with Crippen molar-refractivity contribution in [1.82, 2.24) is 0 Å². The molecule has 0 amide bonds. The summed E-state index contributed by atoms with van der Waals surface area (Å²) >= 11 is 0. The average molecular weight is 425 g/mol. The Bertz CT molecular complexity index is 958. The number of ether oxygens (including phenoxy) is 1. The molecule has 0 saturated heterocycles. The van der Waals surface area contributed by atoms with Gasteiger partial charge in [-0.05, 0) is 83.7 Å². The molecule has 0 unspecified atom stereocenters. The van der Waals surface area contributed by atoms with Gasteiger partial charge in [0.25, 0.3) is 0 Å². The van der Waals surface area contributed by atoms with Crippen molar-refractivity contribution in [1.29, 1.82) is 0 Å². The molecule has 0 bridgehead atoms. The van der Waals surface area contributed by atoms with Crippen LogP contribution in [-0.2, 0) is 11.3 Å². The van der Waals surface area contributed by atoms with Crippen LogP contribution in [0.5, 0.6) is 0 Å². The van der Waals surface area contributed by atoms with E-state index in [1.807, 2.05) is 0 Å². The van der Waals surface area contributed by atoms with E-state index in [9.17, 15) is 0 Å². The zero-order valence-electron chi connectivity index (χ0n) is 19.4. The zero-order valence-corrected chi connectivity index (χ0v) is 19.4. The van der Waals surface area contributed by atoms with Gasteiger partial charge < -0.3 is 4.74 Å². The molecule has 32 heavy (non-hydrogen) atoms. The summed E-state index contributed by atoms with van der Waals surface area (Å²) in [5.41, 5.74) is 7.79. The molecular formula is C31H36O. The minimum atomic E-state index is 0.659. The molecule has 0 atom stereocenters. The van der Waals surface area contributed by atoms with Gasteiger partial charge in [0, 0.05) is 7.11 Å². The number of hydrogen-bond acceptors (Lipinski definition) is 1. The number of allylic oxidation sites excluding steroid dienone is 1. The van der Waals surface area contributed by atoms with Gasteiger partial charge in [0.2, 0.25) is 0 Å². The Morgan fingerprint density at radius 3 is 1.75 bits per heavy atom. The van der Waals surface area contributed by atoms with E-state index < -0.39 is 0 Å². The molecule has 1 saturated carbocycles. The third kappa shape index (κ3) is 5.78. The topological polar surface area (TPSA) is 9.23 Å². The van der Waals surface area contributed by atoms with Gasteiger partial charge in [0.1, 0.15) is 0 Å². The highest BCUT2D eigenvalue weighted by atomic mass is 16.5. The molecule has 1 heteroatoms. The van der Waals surface area contributed by atoms with E-state index in [1.54, 1.807) is 7.11 Å². The predicted octanol–water partition coefficient (Wildman–Crippen LogP) is 8.80. The van der Waals surface area contributed by atoms with Crippen LogP contribution < -0.4 is 0 Å². The molecule has 0 N–H and O–H groups in total. The number of benzene rings is 3. The van der Waals surface area contributed by atoms with Crippen LogP contribution in [0.15, 0.2) is 85.5 Å². The third-order valence-corrected chi connectivity index (χ3v) is 7.07. The van der Waals surface area contributed by atoms with Crippen molar-refractivity contribution >= 4 is 0 Å². The summed E-state index contributed by atoms with van der Waals surface area (Å²) in [4.78, 5) is 0. The molecular weight excluding hydrogens is 388 g/mol. The number of methoxy groups -OCH3 is 1. The van der Waals surface area contributed by atoms with Gasteiger partial charge in [-0.2, -0.15) is 0 Å². The van der Waals surface area contributed by atoms with Crippen LogP contribution >= 0.6 is 0 Å². The van der Waals surface area contributed by atoms with Crippen molar-refractivity contribution in [2.75, 3.05) is 7.11 Å². The highest BCUT2D eigenvalue weighted by Crippen LogP contribution is 2.38. The molecule has 4 rings (SSSR count). The predicted molar refractivity (Wildman–Crippen MR) is 137 cm³/mol. The van der Waals surface area contributed by atoms with E-state index in [2.05, 4.69) is 85.5 Å². The van der Waals surface area contributed by atoms with Crippen LogP contribution in [-0.4, -0.2) is 7.11 Å². The Balaban J connectivity index is 1.35. The Hall–Kier alpha value is -2.64. The third-order valence-electron chi connectivity index (χ3n) is 7.07. The summed E-state index contributed by atoms with van der Waals surface area (Å²) in [7, 11) is 1.73. The normalized spacial score (nSPS) is 18.4. The lowest BCUT2D eigenvalue weighted by Crippen LogP contribution is -2.13. The van der Waals surface area contributed by atoms with Gasteiger partial charge in [-0.1, -0.05) is 85.3 Å². The lowest BCUT2D eigenvalue weighted by atomic mass is 9.77. The molecule has 0 radical (unpaired) electrons. The standard InChI is InChI=1S/C31H36O/c1-3-4-5-6-24-7-11-26(12-8-24)28-15-19-30(20-16-28)31-21-17-29(18-22-31)27-13-9-25(10-14-27)23-32-2/h3,9-10,13-22,24,26H,1,4-8,11-12,23H2,2H3/t24-,26-. The smallest absolute Gasteiger partial charge is 0.0713 e. The van der Waals surface area contributed by atoms with Gasteiger partial charge in [0.05, 0.1) is 6.61 Å². The number of hydrogen-bond donors (Lipinski definition) is 0. The van der Waals surface area contributed by atoms with Crippen molar-refractivity contribution in [2.45, 2.75) is 57.5 Å². The highest BCUT2D eigenvalue weighted by Gasteiger charge is 2.21. The molecule has 1 aliphatic carbocycles. The number of unbranched alkanes of at least 4 members (excludes halogenated alkanes) is 1. The largest absolute Gasteiger partial charge is 0.380 e. The van der Waals surface area contributed by atoms with Crippen LogP contribution in [0.3, 0.4) is 0 Å². The second-order valence-electron chi connectivity index (χ2n) is 9.27. The van der Waals surface area contributed by atoms with Gasteiger partial charge in [-0.25, -0.2) is 0 Å². The summed E-state index contributed by atoms with van der Waals surface area (Å²) in [6.45, 7) is 4.51. The Morgan fingerprint density at radius 1 is 0.750 bits per heavy atom. The Morgan fingerprint density at radius 2 is 1.25 bits per heavy atom. The second kappa shape index (κ2) is 11.3. The quantitative estimate of drug-likeness (QED) is 0.246. The van der Waals surface area contributed by atoms with Crippen LogP contribution in [0.2, 0.25) is 0 Å². The summed E-state index contributed by atoms with van der Waals surface area (Å²) in [5, 5.41) is 0. The van der Waals surface area contributed by atoms with E-state index in [4.69, 9.17) is 4.74 Å². The fourth-order valence-electron chi connectivity index (χ4n) is 5.10. The molecule has 0 heterocycles. The minimum Gasteiger partial charge on any atom is -0.380 e. The van der Waals surface area contributed by atoms with E-state index in [0.717, 1.165) is 11.8 Å². The summed E-state index contributed by atoms with van der Waals surface area (Å²) < 4.78 is 5.20. The monoisotopic (exact) mass is 424 g/mol. The van der Waals surface area contributed by atoms with Crippen LogP contribution in [0.1, 0.15) is 62.0 Å². The fourth-order valence-corrected chi connectivity index (χ4v) is 5.10. The molecule has 3 aromatic rings. The first-order chi connectivity index (χ1) is 15.8. The molecule has 3 aromatic carbocycles. The average Bonchev–Trinajstić information content (AvgIpc) is 2.86. The first-order valence-electron chi connectivity index (χ1n) is 12.2. The summed E-state index contributed by atoms with van der Waals surface area (Å²) in [6, 6.07) is 26.9. The highest BCUT2D eigenvalue weighted by molar-refractivity contribution is 5.70. The fraction of sp³-hybridized carbons (Fsp3) is 0.355. The van der Waals surface area contributed by atoms with Crippen molar-refractivity contribution in [3.8, 4) is 22.3 Å². The van der Waals surface area contributed by atoms with Crippen LogP contribution in [0.4, 0.5) is 0 Å². The van der Waals surface area contributed by atoms with Crippen molar-refractivity contribution in [3.63, 3.8) is 0 Å². The van der Waals surface area contributed by atoms with Crippen molar-refractivity contribution < 1.29 is 4.74 Å². The van der Waals surface area contributed by atoms with E-state index in [-0.39, 0.29) is 0 Å². The van der Waals surface area contributed by atoms with Crippen LogP contribution in [0, 0.1) is 5.92 Å². The summed E-state index contributed by atoms with van der Waals surface area (Å²) in [6.07, 6.45) is 11.4.